The van der Waals surface area contributed by atoms with Crippen LogP contribution in [0.1, 0.15) is 10.8 Å². The minimum Gasteiger partial charge on any atom is -0.339 e. The summed E-state index contributed by atoms with van der Waals surface area (Å²) in [6.07, 6.45) is 0. The third kappa shape index (κ3) is 4.72. The van der Waals surface area contributed by atoms with Gasteiger partial charge in [-0.1, -0.05) is 30.3 Å². The summed E-state index contributed by atoms with van der Waals surface area (Å²) in [6, 6.07) is 16.1. The van der Waals surface area contributed by atoms with Gasteiger partial charge >= 0.3 is 0 Å². The molecule has 24 heavy (non-hydrogen) atoms. The van der Waals surface area contributed by atoms with Crippen LogP contribution in [0.5, 0.6) is 0 Å². The smallest absolute Gasteiger partial charge is 0.240 e. The molecule has 3 rings (SSSR count). The number of piperazine rings is 1. The summed E-state index contributed by atoms with van der Waals surface area (Å²) in [6.45, 7) is 3.11. The Kier molecular flexibility index (Phi) is 7.09. The van der Waals surface area contributed by atoms with Crippen LogP contribution in [0.25, 0.3) is 0 Å². The van der Waals surface area contributed by atoms with Crippen LogP contribution in [-0.2, 0) is 4.79 Å². The van der Waals surface area contributed by atoms with E-state index in [1.807, 2.05) is 35.2 Å². The minimum absolute atomic E-state index is 0. The fourth-order valence-corrected chi connectivity index (χ4v) is 3.70. The lowest BCUT2D eigenvalue weighted by Gasteiger charge is -2.31. The van der Waals surface area contributed by atoms with Crippen LogP contribution in [0.15, 0.2) is 59.5 Å². The van der Waals surface area contributed by atoms with Crippen LogP contribution in [0, 0.1) is 5.82 Å². The van der Waals surface area contributed by atoms with E-state index in [9.17, 15) is 9.18 Å². The van der Waals surface area contributed by atoms with E-state index in [0.717, 1.165) is 36.6 Å². The molecule has 1 unspecified atom stereocenters. The van der Waals surface area contributed by atoms with Gasteiger partial charge in [-0.2, -0.15) is 0 Å². The largest absolute Gasteiger partial charge is 0.339 e. The number of nitrogens with zero attached hydrogens (tertiary/aromatic N) is 1. The highest BCUT2D eigenvalue weighted by Gasteiger charge is 2.27. The highest BCUT2D eigenvalue weighted by atomic mass is 35.5. The van der Waals surface area contributed by atoms with Gasteiger partial charge in [-0.15, -0.1) is 24.2 Å². The minimum atomic E-state index is -0.306. The molecule has 128 valence electrons. The molecule has 0 radical (unpaired) electrons. The van der Waals surface area contributed by atoms with Gasteiger partial charge in [-0.05, 0) is 29.8 Å². The van der Waals surface area contributed by atoms with Crippen LogP contribution in [-0.4, -0.2) is 37.0 Å². The van der Waals surface area contributed by atoms with Crippen LogP contribution in [0.3, 0.4) is 0 Å². The molecule has 1 atom stereocenters. The first kappa shape index (κ1) is 18.8. The second kappa shape index (κ2) is 9.06. The zero-order valence-corrected chi connectivity index (χ0v) is 14.8. The number of amides is 1. The Morgan fingerprint density at radius 1 is 1.04 bits per heavy atom. The van der Waals surface area contributed by atoms with Gasteiger partial charge in [0, 0.05) is 31.1 Å². The molecule has 2 aromatic carbocycles. The zero-order valence-electron chi connectivity index (χ0n) is 13.2. The van der Waals surface area contributed by atoms with Gasteiger partial charge in [0.05, 0.1) is 0 Å². The Morgan fingerprint density at radius 3 is 2.29 bits per heavy atom. The van der Waals surface area contributed by atoms with E-state index in [0.29, 0.717) is 0 Å². The summed E-state index contributed by atoms with van der Waals surface area (Å²) in [5.74, 6) is -0.147. The van der Waals surface area contributed by atoms with Crippen molar-refractivity contribution < 1.29 is 9.18 Å². The molecule has 1 aliphatic heterocycles. The molecule has 0 saturated carbocycles. The molecule has 1 fully saturated rings. The van der Waals surface area contributed by atoms with Crippen LogP contribution < -0.4 is 5.32 Å². The van der Waals surface area contributed by atoms with Crippen molar-refractivity contribution in [3.8, 4) is 0 Å². The van der Waals surface area contributed by atoms with Crippen molar-refractivity contribution in [3.63, 3.8) is 0 Å². The van der Waals surface area contributed by atoms with Crippen molar-refractivity contribution in [1.29, 1.82) is 0 Å². The van der Waals surface area contributed by atoms with Crippen molar-refractivity contribution in [2.45, 2.75) is 10.1 Å². The SMILES string of the molecule is Cl.O=C(C(Sc1ccc(F)cc1)c1ccccc1)N1CCNCC1. The lowest BCUT2D eigenvalue weighted by atomic mass is 10.1. The Labute approximate surface area is 152 Å². The van der Waals surface area contributed by atoms with E-state index in [2.05, 4.69) is 5.32 Å². The maximum Gasteiger partial charge on any atom is 0.240 e. The van der Waals surface area contributed by atoms with Crippen molar-refractivity contribution in [2.75, 3.05) is 26.2 Å². The van der Waals surface area contributed by atoms with Crippen molar-refractivity contribution in [2.24, 2.45) is 0 Å². The Balaban J connectivity index is 0.00000208. The number of carbonyl (C=O) groups is 1. The number of hydrogen-bond acceptors (Lipinski definition) is 3. The molecular formula is C18H20ClFN2OS. The highest BCUT2D eigenvalue weighted by molar-refractivity contribution is 8.00. The molecule has 0 aliphatic carbocycles. The number of nitrogens with one attached hydrogen (secondary N) is 1. The first-order chi connectivity index (χ1) is 11.2. The lowest BCUT2D eigenvalue weighted by Crippen LogP contribution is -2.47. The summed E-state index contributed by atoms with van der Waals surface area (Å²) < 4.78 is 13.1. The van der Waals surface area contributed by atoms with Gasteiger partial charge in [-0.3, -0.25) is 4.79 Å². The topological polar surface area (TPSA) is 32.3 Å². The predicted molar refractivity (Wildman–Crippen MR) is 98.1 cm³/mol. The summed E-state index contributed by atoms with van der Waals surface area (Å²) in [5, 5.41) is 2.96. The molecule has 0 spiro atoms. The van der Waals surface area contributed by atoms with E-state index < -0.39 is 0 Å². The summed E-state index contributed by atoms with van der Waals surface area (Å²) >= 11 is 1.47. The fourth-order valence-electron chi connectivity index (χ4n) is 2.59. The second-order valence-electron chi connectivity index (χ2n) is 5.44. The Bertz CT molecular complexity index is 648. The van der Waals surface area contributed by atoms with Crippen molar-refractivity contribution in [3.05, 3.63) is 66.0 Å². The average Bonchev–Trinajstić information content (AvgIpc) is 2.62. The van der Waals surface area contributed by atoms with Gasteiger partial charge in [0.2, 0.25) is 5.91 Å². The van der Waals surface area contributed by atoms with Gasteiger partial charge in [0.25, 0.3) is 0 Å². The maximum atomic E-state index is 13.1. The summed E-state index contributed by atoms with van der Waals surface area (Å²) in [5.41, 5.74) is 0.977. The molecular weight excluding hydrogens is 347 g/mol. The van der Waals surface area contributed by atoms with Gasteiger partial charge in [-0.25, -0.2) is 4.39 Å². The first-order valence-corrected chi connectivity index (χ1v) is 8.59. The number of carbonyl (C=O) groups excluding carboxylic acids is 1. The van der Waals surface area contributed by atoms with Crippen molar-refractivity contribution >= 4 is 30.1 Å². The molecule has 0 aromatic heterocycles. The molecule has 1 heterocycles. The van der Waals surface area contributed by atoms with Gasteiger partial charge < -0.3 is 10.2 Å². The second-order valence-corrected chi connectivity index (χ2v) is 6.62. The lowest BCUT2D eigenvalue weighted by molar-refractivity contribution is -0.131. The van der Waals surface area contributed by atoms with E-state index in [4.69, 9.17) is 0 Å². The molecule has 2 aromatic rings. The number of hydrogen-bond donors (Lipinski definition) is 1. The van der Waals surface area contributed by atoms with E-state index in [1.54, 1.807) is 12.1 Å². The third-order valence-electron chi connectivity index (χ3n) is 3.82. The first-order valence-electron chi connectivity index (χ1n) is 7.71. The van der Waals surface area contributed by atoms with Crippen LogP contribution in [0.4, 0.5) is 4.39 Å². The molecule has 3 nitrogen and oxygen atoms in total. The zero-order chi connectivity index (χ0) is 16.1. The van der Waals surface area contributed by atoms with Crippen LogP contribution >= 0.6 is 24.2 Å². The average molecular weight is 367 g/mol. The molecule has 1 saturated heterocycles. The standard InChI is InChI=1S/C18H19FN2OS.ClH/c19-15-6-8-16(9-7-15)23-17(14-4-2-1-3-5-14)18(22)21-12-10-20-11-13-21;/h1-9,17,20H,10-13H2;1H. The van der Waals surface area contributed by atoms with Gasteiger partial charge in [0.15, 0.2) is 0 Å². The summed E-state index contributed by atoms with van der Waals surface area (Å²) in [4.78, 5) is 15.8. The monoisotopic (exact) mass is 366 g/mol. The van der Waals surface area contributed by atoms with E-state index >= 15 is 0 Å². The van der Waals surface area contributed by atoms with Gasteiger partial charge in [0.1, 0.15) is 11.1 Å². The molecule has 1 aliphatic rings. The van der Waals surface area contributed by atoms with E-state index in [1.165, 1.54) is 23.9 Å². The third-order valence-corrected chi connectivity index (χ3v) is 5.08. The number of thioether (sulfide) groups is 1. The Morgan fingerprint density at radius 2 is 1.67 bits per heavy atom. The van der Waals surface area contributed by atoms with Crippen LogP contribution in [0.2, 0.25) is 0 Å². The molecule has 0 bridgehead atoms. The van der Waals surface area contributed by atoms with E-state index in [-0.39, 0.29) is 29.4 Å². The van der Waals surface area contributed by atoms with Crippen molar-refractivity contribution in [1.82, 2.24) is 10.2 Å². The molecule has 1 N–H and O–H groups in total. The fraction of sp³-hybridized carbons (Fsp3) is 0.278. The maximum absolute atomic E-state index is 13.1. The molecule has 6 heteroatoms. The quantitative estimate of drug-likeness (QED) is 0.840. The Hall–Kier alpha value is -1.56. The highest BCUT2D eigenvalue weighted by Crippen LogP contribution is 2.36. The predicted octanol–water partition coefficient (Wildman–Crippen LogP) is 3.51. The summed E-state index contributed by atoms with van der Waals surface area (Å²) in [7, 11) is 0. The molecule has 1 amide bonds. The number of halogens is 2. The normalized spacial score (nSPS) is 15.5. The number of rotatable bonds is 4. The number of benzene rings is 2.